The Hall–Kier alpha value is -1.70. The molecule has 0 amide bonds. The van der Waals surface area contributed by atoms with Crippen LogP contribution in [-0.4, -0.2) is 19.4 Å². The van der Waals surface area contributed by atoms with Gasteiger partial charge >= 0.3 is 6.98 Å². The quantitative estimate of drug-likeness (QED) is 0.811. The second kappa shape index (κ2) is 4.45. The molecule has 0 fully saturated rings. The van der Waals surface area contributed by atoms with Crippen molar-refractivity contribution in [2.24, 2.45) is 0 Å². The van der Waals surface area contributed by atoms with Gasteiger partial charge in [-0.1, -0.05) is 23.8 Å². The standard InChI is InChI=1S/C11H10BF3NO2S/c1-9-4-6-10(7-5-9)19(17,18)16-8-2-3-11(16)12(13,14)15/h2-8H,1H3/q-1. The highest BCUT2D eigenvalue weighted by Gasteiger charge is 2.32. The van der Waals surface area contributed by atoms with Crippen molar-refractivity contribution in [2.45, 2.75) is 11.8 Å². The van der Waals surface area contributed by atoms with Gasteiger partial charge in [0.25, 0.3) is 10.0 Å². The van der Waals surface area contributed by atoms with Gasteiger partial charge < -0.3 is 12.9 Å². The van der Waals surface area contributed by atoms with E-state index in [4.69, 9.17) is 0 Å². The Bertz CT molecular complexity index is 689. The largest absolute Gasteiger partial charge is 0.526 e. The van der Waals surface area contributed by atoms with Gasteiger partial charge in [0, 0.05) is 6.20 Å². The average molecular weight is 288 g/mol. The summed E-state index contributed by atoms with van der Waals surface area (Å²) < 4.78 is 62.9. The smallest absolute Gasteiger partial charge is 0.444 e. The number of halogens is 3. The van der Waals surface area contributed by atoms with E-state index in [9.17, 15) is 21.4 Å². The molecular formula is C11H10BF3NO2S-. The molecule has 0 spiro atoms. The molecule has 8 heteroatoms. The average Bonchev–Trinajstić information content (AvgIpc) is 2.78. The summed E-state index contributed by atoms with van der Waals surface area (Å²) in [6, 6.07) is 7.47. The zero-order valence-electron chi connectivity index (χ0n) is 9.92. The SMILES string of the molecule is Cc1ccc(S(=O)(=O)n2cccc2[B-](F)(F)F)cc1. The second-order valence-electron chi connectivity index (χ2n) is 4.12. The van der Waals surface area contributed by atoms with Crippen molar-refractivity contribution in [3.8, 4) is 0 Å². The number of hydrogen-bond acceptors (Lipinski definition) is 2. The lowest BCUT2D eigenvalue weighted by Gasteiger charge is -2.18. The molecule has 102 valence electrons. The summed E-state index contributed by atoms with van der Waals surface area (Å²) in [5.74, 6) is 0. The van der Waals surface area contributed by atoms with Crippen LogP contribution in [0, 0.1) is 6.92 Å². The lowest BCUT2D eigenvalue weighted by atomic mass is 9.87. The Kier molecular flexibility index (Phi) is 3.21. The predicted molar refractivity (Wildman–Crippen MR) is 66.9 cm³/mol. The zero-order valence-corrected chi connectivity index (χ0v) is 10.7. The summed E-state index contributed by atoms with van der Waals surface area (Å²) in [5, 5.41) is 0. The molecule has 0 unspecified atom stereocenters. The van der Waals surface area contributed by atoms with E-state index in [2.05, 4.69) is 0 Å². The highest BCUT2D eigenvalue weighted by Crippen LogP contribution is 2.17. The van der Waals surface area contributed by atoms with Crippen LogP contribution in [0.2, 0.25) is 0 Å². The Labute approximate surface area is 108 Å². The molecule has 0 aliphatic heterocycles. The van der Waals surface area contributed by atoms with Crippen LogP contribution in [0.5, 0.6) is 0 Å². The molecule has 1 heterocycles. The molecule has 1 aromatic carbocycles. The van der Waals surface area contributed by atoms with Crippen LogP contribution < -0.4 is 5.59 Å². The number of benzene rings is 1. The Balaban J connectivity index is 2.58. The molecule has 3 nitrogen and oxygen atoms in total. The molecule has 0 aliphatic carbocycles. The molecule has 2 aromatic rings. The molecule has 0 radical (unpaired) electrons. The number of rotatable bonds is 3. The molecule has 2 rings (SSSR count). The van der Waals surface area contributed by atoms with Crippen LogP contribution in [0.25, 0.3) is 0 Å². The lowest BCUT2D eigenvalue weighted by Crippen LogP contribution is -2.41. The van der Waals surface area contributed by atoms with Crippen LogP contribution in [0.1, 0.15) is 5.56 Å². The normalized spacial score (nSPS) is 12.6. The molecule has 0 N–H and O–H groups in total. The first-order chi connectivity index (χ1) is 8.73. The van der Waals surface area contributed by atoms with E-state index in [1.165, 1.54) is 24.3 Å². The van der Waals surface area contributed by atoms with E-state index in [-0.39, 0.29) is 8.87 Å². The van der Waals surface area contributed by atoms with Crippen LogP contribution in [-0.2, 0) is 10.0 Å². The molecular weight excluding hydrogens is 278 g/mol. The highest BCUT2D eigenvalue weighted by molar-refractivity contribution is 7.90. The molecule has 0 bridgehead atoms. The van der Waals surface area contributed by atoms with Gasteiger partial charge in [0.2, 0.25) is 0 Å². The minimum atomic E-state index is -5.38. The van der Waals surface area contributed by atoms with Gasteiger partial charge in [0.1, 0.15) is 0 Å². The number of aromatic nitrogens is 1. The molecule has 19 heavy (non-hydrogen) atoms. The van der Waals surface area contributed by atoms with Crippen LogP contribution >= 0.6 is 0 Å². The third kappa shape index (κ3) is 2.53. The van der Waals surface area contributed by atoms with Crippen LogP contribution in [0.15, 0.2) is 47.5 Å². The molecule has 0 aliphatic rings. The molecule has 1 aromatic heterocycles. The highest BCUT2D eigenvalue weighted by atomic mass is 32.2. The first kappa shape index (κ1) is 13.7. The fourth-order valence-corrected chi connectivity index (χ4v) is 3.07. The Morgan fingerprint density at radius 3 is 2.16 bits per heavy atom. The van der Waals surface area contributed by atoms with E-state index < -0.39 is 22.6 Å². The summed E-state index contributed by atoms with van der Waals surface area (Å²) >= 11 is 0. The van der Waals surface area contributed by atoms with Gasteiger partial charge in [-0.05, 0) is 30.7 Å². The van der Waals surface area contributed by atoms with Crippen molar-refractivity contribution in [2.75, 3.05) is 0 Å². The number of nitrogens with zero attached hydrogens (tertiary/aromatic N) is 1. The maximum absolute atomic E-state index is 12.8. The van der Waals surface area contributed by atoms with Gasteiger partial charge in [0.05, 0.1) is 4.90 Å². The third-order valence-corrected chi connectivity index (χ3v) is 4.37. The van der Waals surface area contributed by atoms with E-state index in [1.54, 1.807) is 6.92 Å². The first-order valence-electron chi connectivity index (χ1n) is 5.42. The molecule has 0 atom stereocenters. The van der Waals surface area contributed by atoms with Gasteiger partial charge in [-0.3, -0.25) is 3.97 Å². The Morgan fingerprint density at radius 1 is 1.05 bits per heavy atom. The van der Waals surface area contributed by atoms with Gasteiger partial charge in [0.15, 0.2) is 0 Å². The maximum atomic E-state index is 12.8. The number of aryl methyl sites for hydroxylation is 1. The second-order valence-corrected chi connectivity index (χ2v) is 5.94. The molecule has 0 saturated carbocycles. The summed E-state index contributed by atoms with van der Waals surface area (Å²) in [7, 11) is -4.21. The van der Waals surface area contributed by atoms with Gasteiger partial charge in [-0.2, -0.15) is 0 Å². The minimum Gasteiger partial charge on any atom is -0.444 e. The summed E-state index contributed by atoms with van der Waals surface area (Å²) in [5.41, 5.74) is -0.327. The van der Waals surface area contributed by atoms with Crippen LogP contribution in [0.3, 0.4) is 0 Å². The topological polar surface area (TPSA) is 39.1 Å². The maximum Gasteiger partial charge on any atom is 0.526 e. The third-order valence-electron chi connectivity index (χ3n) is 2.66. The van der Waals surface area contributed by atoms with E-state index >= 15 is 0 Å². The van der Waals surface area contributed by atoms with E-state index in [0.717, 1.165) is 23.9 Å². The monoisotopic (exact) mass is 288 g/mol. The van der Waals surface area contributed by atoms with Crippen molar-refractivity contribution in [1.82, 2.24) is 3.97 Å². The van der Waals surface area contributed by atoms with Crippen molar-refractivity contribution < 1.29 is 21.4 Å². The van der Waals surface area contributed by atoms with Crippen molar-refractivity contribution in [3.63, 3.8) is 0 Å². The minimum absolute atomic E-state index is 0.171. The van der Waals surface area contributed by atoms with Crippen molar-refractivity contribution in [3.05, 3.63) is 48.2 Å². The Morgan fingerprint density at radius 2 is 1.63 bits per heavy atom. The zero-order chi connectivity index (χ0) is 14.3. The van der Waals surface area contributed by atoms with Gasteiger partial charge in [-0.25, -0.2) is 8.42 Å². The molecule has 0 saturated heterocycles. The van der Waals surface area contributed by atoms with Crippen molar-refractivity contribution >= 4 is 22.6 Å². The lowest BCUT2D eigenvalue weighted by molar-refractivity contribution is 0.496. The number of hydrogen-bond donors (Lipinski definition) is 0. The first-order valence-corrected chi connectivity index (χ1v) is 6.86. The van der Waals surface area contributed by atoms with E-state index in [1.807, 2.05) is 0 Å². The predicted octanol–water partition coefficient (Wildman–Crippen LogP) is 2.09. The summed E-state index contributed by atoms with van der Waals surface area (Å²) in [6.07, 6.45) is 0.903. The van der Waals surface area contributed by atoms with Crippen LogP contribution in [0.4, 0.5) is 12.9 Å². The van der Waals surface area contributed by atoms with E-state index in [0.29, 0.717) is 0 Å². The fourth-order valence-electron chi connectivity index (χ4n) is 1.68. The summed E-state index contributed by atoms with van der Waals surface area (Å²) in [4.78, 5) is -0.171. The summed E-state index contributed by atoms with van der Waals surface area (Å²) in [6.45, 7) is -3.62. The fraction of sp³-hybridized carbons (Fsp3) is 0.0909. The van der Waals surface area contributed by atoms with Gasteiger partial charge in [-0.15, -0.1) is 0 Å². The van der Waals surface area contributed by atoms with Crippen molar-refractivity contribution in [1.29, 1.82) is 0 Å².